The Hall–Kier alpha value is 0.250. The number of quaternary nitrogens is 1. The van der Waals surface area contributed by atoms with Crippen LogP contribution in [0.2, 0.25) is 0 Å². The molecule has 0 saturated heterocycles. The average molecular weight is 657 g/mol. The summed E-state index contributed by atoms with van der Waals surface area (Å²) in [6.07, 6.45) is 52.7. The van der Waals surface area contributed by atoms with Crippen molar-refractivity contribution in [1.29, 1.82) is 0 Å². The molecule has 1 nitrogen and oxygen atoms in total. The first-order valence-electron chi connectivity index (χ1n) is 21.5. The number of rotatable bonds is 39. The predicted molar refractivity (Wildman–Crippen MR) is 204 cm³/mol. The third kappa shape index (κ3) is 38.6. The summed E-state index contributed by atoms with van der Waals surface area (Å²) in [5.41, 5.74) is 0. The normalized spacial score (nSPS) is 12.8. The SMILES string of the molecule is CCCCCCCCCCCCCCCC[N+](C)(CCCCCCCCCCCC)CCCCCCCCCCCCCC.[Cl-]. The molecule has 1 atom stereocenters. The van der Waals surface area contributed by atoms with Gasteiger partial charge in [0.15, 0.2) is 0 Å². The van der Waals surface area contributed by atoms with Crippen molar-refractivity contribution in [3.63, 3.8) is 0 Å². The minimum absolute atomic E-state index is 0. The van der Waals surface area contributed by atoms with E-state index in [4.69, 9.17) is 0 Å². The van der Waals surface area contributed by atoms with E-state index in [1.807, 2.05) is 0 Å². The molecule has 0 saturated carbocycles. The topological polar surface area (TPSA) is 0 Å². The third-order valence-corrected chi connectivity index (χ3v) is 10.7. The van der Waals surface area contributed by atoms with E-state index in [2.05, 4.69) is 27.8 Å². The predicted octanol–water partition coefficient (Wildman–Crippen LogP) is 12.5. The smallest absolute Gasteiger partial charge is 0.0784 e. The lowest BCUT2D eigenvalue weighted by Gasteiger charge is -2.35. The van der Waals surface area contributed by atoms with E-state index in [0.717, 1.165) is 0 Å². The molecule has 0 aliphatic heterocycles. The van der Waals surface area contributed by atoms with Gasteiger partial charge in [0.25, 0.3) is 0 Å². The van der Waals surface area contributed by atoms with Crippen LogP contribution >= 0.6 is 0 Å². The third-order valence-electron chi connectivity index (χ3n) is 10.7. The lowest BCUT2D eigenvalue weighted by molar-refractivity contribution is -0.910. The van der Waals surface area contributed by atoms with Gasteiger partial charge < -0.3 is 16.9 Å². The number of unbranched alkanes of at least 4 members (excludes halogenated alkanes) is 33. The lowest BCUT2D eigenvalue weighted by Crippen LogP contribution is -3.00. The molecule has 0 aliphatic rings. The first-order chi connectivity index (χ1) is 21.7. The summed E-state index contributed by atoms with van der Waals surface area (Å²) in [7, 11) is 2.62. The molecule has 1 unspecified atom stereocenters. The first kappa shape index (κ1) is 47.4. The van der Waals surface area contributed by atoms with Crippen LogP contribution in [0, 0.1) is 0 Å². The van der Waals surface area contributed by atoms with E-state index in [0.29, 0.717) is 0 Å². The Labute approximate surface area is 294 Å². The van der Waals surface area contributed by atoms with Crippen LogP contribution in [0.25, 0.3) is 0 Å². The number of halogens is 1. The van der Waals surface area contributed by atoms with Crippen LogP contribution in [0.1, 0.15) is 252 Å². The maximum absolute atomic E-state index is 2.62. The summed E-state index contributed by atoms with van der Waals surface area (Å²) >= 11 is 0. The molecule has 0 aromatic carbocycles. The largest absolute Gasteiger partial charge is 1.00 e. The van der Waals surface area contributed by atoms with Crippen molar-refractivity contribution in [2.75, 3.05) is 26.7 Å². The van der Waals surface area contributed by atoms with E-state index >= 15 is 0 Å². The molecule has 0 aromatic heterocycles. The zero-order chi connectivity index (χ0) is 32.1. The van der Waals surface area contributed by atoms with E-state index in [1.54, 1.807) is 0 Å². The molecule has 0 rings (SSSR count). The molecule has 274 valence electrons. The molecule has 0 aliphatic carbocycles. The van der Waals surface area contributed by atoms with Gasteiger partial charge in [-0.15, -0.1) is 0 Å². The Bertz CT molecular complexity index is 508. The highest BCUT2D eigenvalue weighted by Gasteiger charge is 2.20. The van der Waals surface area contributed by atoms with Crippen LogP contribution in [0.3, 0.4) is 0 Å². The lowest BCUT2D eigenvalue weighted by atomic mass is 10.0. The molecular weight excluding hydrogens is 566 g/mol. The highest BCUT2D eigenvalue weighted by molar-refractivity contribution is 4.54. The molecular formula is C43H90ClN. The van der Waals surface area contributed by atoms with Crippen molar-refractivity contribution < 1.29 is 16.9 Å². The van der Waals surface area contributed by atoms with Crippen molar-refractivity contribution in [3.05, 3.63) is 0 Å². The van der Waals surface area contributed by atoms with Gasteiger partial charge in [0, 0.05) is 0 Å². The van der Waals surface area contributed by atoms with Crippen molar-refractivity contribution in [1.82, 2.24) is 0 Å². The fourth-order valence-corrected chi connectivity index (χ4v) is 7.34. The Kier molecular flexibility index (Phi) is 42.6. The summed E-state index contributed by atoms with van der Waals surface area (Å²) in [6, 6.07) is 0. The van der Waals surface area contributed by atoms with Gasteiger partial charge >= 0.3 is 0 Å². The second-order valence-corrected chi connectivity index (χ2v) is 15.5. The van der Waals surface area contributed by atoms with E-state index in [1.165, 1.54) is 255 Å². The van der Waals surface area contributed by atoms with Crippen LogP contribution in [0.15, 0.2) is 0 Å². The standard InChI is InChI=1S/C43H90N.ClH/c1-5-8-11-14-17-20-23-25-26-28-31-34-37-40-43-44(4,41-38-35-32-29-22-19-16-13-10-7-3)42-39-36-33-30-27-24-21-18-15-12-9-6-2;/h5-43H2,1-4H3;1H/q+1;/p-1. The van der Waals surface area contributed by atoms with Crippen LogP contribution in [-0.4, -0.2) is 31.2 Å². The van der Waals surface area contributed by atoms with E-state index < -0.39 is 0 Å². The highest BCUT2D eigenvalue weighted by atomic mass is 35.5. The van der Waals surface area contributed by atoms with Crippen molar-refractivity contribution >= 4 is 0 Å². The highest BCUT2D eigenvalue weighted by Crippen LogP contribution is 2.18. The molecule has 0 N–H and O–H groups in total. The molecule has 2 heteroatoms. The number of hydrogen-bond donors (Lipinski definition) is 0. The van der Waals surface area contributed by atoms with Gasteiger partial charge in [0.1, 0.15) is 0 Å². The van der Waals surface area contributed by atoms with Crippen molar-refractivity contribution in [2.24, 2.45) is 0 Å². The van der Waals surface area contributed by atoms with Gasteiger partial charge in [-0.25, -0.2) is 0 Å². The summed E-state index contributed by atoms with van der Waals surface area (Å²) < 4.78 is 1.37. The molecule has 0 bridgehead atoms. The summed E-state index contributed by atoms with van der Waals surface area (Å²) in [5.74, 6) is 0. The van der Waals surface area contributed by atoms with Gasteiger partial charge in [0.2, 0.25) is 0 Å². The van der Waals surface area contributed by atoms with Crippen LogP contribution in [-0.2, 0) is 0 Å². The molecule has 0 heterocycles. The number of nitrogens with zero attached hydrogens (tertiary/aromatic N) is 1. The quantitative estimate of drug-likeness (QED) is 0.0456. The van der Waals surface area contributed by atoms with Gasteiger partial charge in [-0.2, -0.15) is 0 Å². The van der Waals surface area contributed by atoms with Crippen molar-refractivity contribution in [3.8, 4) is 0 Å². The fourth-order valence-electron chi connectivity index (χ4n) is 7.34. The minimum Gasteiger partial charge on any atom is -1.00 e. The Morgan fingerprint density at radius 2 is 0.356 bits per heavy atom. The van der Waals surface area contributed by atoms with E-state index in [9.17, 15) is 0 Å². The molecule has 0 amide bonds. The van der Waals surface area contributed by atoms with Crippen LogP contribution < -0.4 is 12.4 Å². The first-order valence-corrected chi connectivity index (χ1v) is 21.5. The van der Waals surface area contributed by atoms with Gasteiger partial charge in [0.05, 0.1) is 26.7 Å². The Morgan fingerprint density at radius 3 is 0.511 bits per heavy atom. The second-order valence-electron chi connectivity index (χ2n) is 15.5. The number of hydrogen-bond acceptors (Lipinski definition) is 0. The molecule has 0 aromatic rings. The van der Waals surface area contributed by atoms with Gasteiger partial charge in [-0.05, 0) is 38.5 Å². The maximum Gasteiger partial charge on any atom is 0.0784 e. The zero-order valence-electron chi connectivity index (χ0n) is 32.4. The van der Waals surface area contributed by atoms with Crippen LogP contribution in [0.5, 0.6) is 0 Å². The minimum atomic E-state index is 0. The second kappa shape index (κ2) is 40.4. The fraction of sp³-hybridized carbons (Fsp3) is 1.00. The maximum atomic E-state index is 2.62. The zero-order valence-corrected chi connectivity index (χ0v) is 33.2. The summed E-state index contributed by atoms with van der Waals surface area (Å²) in [4.78, 5) is 0. The van der Waals surface area contributed by atoms with Crippen LogP contribution in [0.4, 0.5) is 0 Å². The van der Waals surface area contributed by atoms with Gasteiger partial charge in [-0.3, -0.25) is 0 Å². The molecule has 0 radical (unpaired) electrons. The Morgan fingerprint density at radius 1 is 0.222 bits per heavy atom. The summed E-state index contributed by atoms with van der Waals surface area (Å²) in [6.45, 7) is 11.3. The van der Waals surface area contributed by atoms with E-state index in [-0.39, 0.29) is 12.4 Å². The molecule has 0 fully saturated rings. The van der Waals surface area contributed by atoms with Gasteiger partial charge in [-0.1, -0.05) is 213 Å². The Balaban J connectivity index is 0. The monoisotopic (exact) mass is 656 g/mol. The average Bonchev–Trinajstić information content (AvgIpc) is 3.02. The molecule has 0 spiro atoms. The molecule has 45 heavy (non-hydrogen) atoms. The van der Waals surface area contributed by atoms with Crippen molar-refractivity contribution in [2.45, 2.75) is 252 Å². The summed E-state index contributed by atoms with van der Waals surface area (Å²) in [5, 5.41) is 0.